The van der Waals surface area contributed by atoms with Crippen molar-refractivity contribution in [1.29, 1.82) is 0 Å². The van der Waals surface area contributed by atoms with Crippen LogP contribution in [0.1, 0.15) is 17.7 Å². The first-order chi connectivity index (χ1) is 9.84. The second-order valence-corrected chi connectivity index (χ2v) is 6.79. The summed E-state index contributed by atoms with van der Waals surface area (Å²) in [5.41, 5.74) is 0. The third kappa shape index (κ3) is 2.94. The maximum Gasteiger partial charge on any atom is 0.393 e. The summed E-state index contributed by atoms with van der Waals surface area (Å²) < 4.78 is 38.8. The highest BCUT2D eigenvalue weighted by molar-refractivity contribution is 7.18. The van der Waals surface area contributed by atoms with E-state index in [0.717, 1.165) is 15.1 Å². The first-order valence-corrected chi connectivity index (χ1v) is 7.79. The zero-order chi connectivity index (χ0) is 15.2. The first-order valence-electron chi connectivity index (χ1n) is 6.60. The molecule has 1 fully saturated rings. The monoisotopic (exact) mass is 335 g/mol. The number of aromatic nitrogens is 2. The van der Waals surface area contributed by atoms with Crippen molar-refractivity contribution in [3.05, 3.63) is 16.2 Å². The second kappa shape index (κ2) is 5.28. The molecule has 1 unspecified atom stereocenters. The van der Waals surface area contributed by atoms with Gasteiger partial charge in [0.1, 0.15) is 10.6 Å². The molecule has 0 bridgehead atoms. The van der Waals surface area contributed by atoms with Gasteiger partial charge in [0.2, 0.25) is 5.28 Å². The summed E-state index contributed by atoms with van der Waals surface area (Å²) in [6.45, 7) is 2.42. The van der Waals surface area contributed by atoms with Gasteiger partial charge in [0.05, 0.1) is 11.3 Å². The Bertz CT molecular complexity index is 670. The number of anilines is 1. The fourth-order valence-electron chi connectivity index (χ4n) is 2.68. The molecule has 3 rings (SSSR count). The molecule has 1 aliphatic rings. The molecule has 21 heavy (non-hydrogen) atoms. The summed E-state index contributed by atoms with van der Waals surface area (Å²) in [4.78, 5) is 11.8. The standard InChI is InChI=1S/C13H13ClF3N3S/c1-7-5-9-10(18-12(14)19-11(9)21-7)20-4-2-3-8(6-20)13(15,16)17/h5,8H,2-4,6H2,1H3. The Morgan fingerprint density at radius 1 is 1.38 bits per heavy atom. The quantitative estimate of drug-likeness (QED) is 0.722. The third-order valence-electron chi connectivity index (χ3n) is 3.65. The van der Waals surface area contributed by atoms with Gasteiger partial charge in [-0.25, -0.2) is 4.98 Å². The molecule has 0 N–H and O–H groups in total. The van der Waals surface area contributed by atoms with Gasteiger partial charge in [-0.15, -0.1) is 11.3 Å². The number of alkyl halides is 3. The van der Waals surface area contributed by atoms with Gasteiger partial charge in [-0.3, -0.25) is 0 Å². The highest BCUT2D eigenvalue weighted by atomic mass is 35.5. The molecule has 1 aliphatic heterocycles. The number of halogens is 4. The molecule has 0 radical (unpaired) electrons. The summed E-state index contributed by atoms with van der Waals surface area (Å²) in [7, 11) is 0. The predicted molar refractivity (Wildman–Crippen MR) is 78.2 cm³/mol. The Kier molecular flexibility index (Phi) is 3.73. The Hall–Kier alpha value is -1.08. The van der Waals surface area contributed by atoms with Gasteiger partial charge in [-0.05, 0) is 37.4 Å². The Morgan fingerprint density at radius 2 is 2.14 bits per heavy atom. The van der Waals surface area contributed by atoms with E-state index in [0.29, 0.717) is 18.8 Å². The maximum atomic E-state index is 12.9. The van der Waals surface area contributed by atoms with Crippen LogP contribution in [0.3, 0.4) is 0 Å². The largest absolute Gasteiger partial charge is 0.393 e. The van der Waals surface area contributed by atoms with E-state index in [2.05, 4.69) is 9.97 Å². The number of fused-ring (bicyclic) bond motifs is 1. The fourth-order valence-corrected chi connectivity index (χ4v) is 3.77. The van der Waals surface area contributed by atoms with Crippen LogP contribution in [0.5, 0.6) is 0 Å². The molecule has 8 heteroatoms. The lowest BCUT2D eigenvalue weighted by atomic mass is 9.97. The maximum absolute atomic E-state index is 12.9. The normalized spacial score (nSPS) is 20.2. The van der Waals surface area contributed by atoms with Gasteiger partial charge < -0.3 is 4.90 Å². The number of hydrogen-bond acceptors (Lipinski definition) is 4. The summed E-state index contributed by atoms with van der Waals surface area (Å²) in [5, 5.41) is 0.859. The van der Waals surface area contributed by atoms with Crippen LogP contribution in [0.4, 0.5) is 19.0 Å². The van der Waals surface area contributed by atoms with Gasteiger partial charge in [0.15, 0.2) is 0 Å². The predicted octanol–water partition coefficient (Wildman–Crippen LogP) is 4.43. The van der Waals surface area contributed by atoms with E-state index in [4.69, 9.17) is 11.6 Å². The van der Waals surface area contributed by atoms with E-state index in [1.165, 1.54) is 11.3 Å². The highest BCUT2D eigenvalue weighted by Gasteiger charge is 2.42. The molecule has 3 nitrogen and oxygen atoms in total. The van der Waals surface area contributed by atoms with Gasteiger partial charge in [-0.1, -0.05) is 0 Å². The van der Waals surface area contributed by atoms with Crippen LogP contribution in [0.25, 0.3) is 10.2 Å². The van der Waals surface area contributed by atoms with Crippen LogP contribution >= 0.6 is 22.9 Å². The van der Waals surface area contributed by atoms with E-state index in [-0.39, 0.29) is 18.2 Å². The number of aryl methyl sites for hydroxylation is 1. The number of nitrogens with zero attached hydrogens (tertiary/aromatic N) is 3. The molecule has 2 aromatic heterocycles. The fraction of sp³-hybridized carbons (Fsp3) is 0.538. The minimum atomic E-state index is -4.17. The molecular weight excluding hydrogens is 323 g/mol. The van der Waals surface area contributed by atoms with Gasteiger partial charge >= 0.3 is 6.18 Å². The summed E-state index contributed by atoms with van der Waals surface area (Å²) in [5.74, 6) is -0.793. The van der Waals surface area contributed by atoms with Crippen molar-refractivity contribution in [3.8, 4) is 0 Å². The van der Waals surface area contributed by atoms with Gasteiger partial charge in [0, 0.05) is 18.0 Å². The van der Waals surface area contributed by atoms with Crippen LogP contribution in [0, 0.1) is 12.8 Å². The van der Waals surface area contributed by atoms with Gasteiger partial charge in [-0.2, -0.15) is 18.2 Å². The van der Waals surface area contributed by atoms with Gasteiger partial charge in [0.25, 0.3) is 0 Å². The van der Waals surface area contributed by atoms with E-state index < -0.39 is 12.1 Å². The van der Waals surface area contributed by atoms with Crippen molar-refractivity contribution in [1.82, 2.24) is 9.97 Å². The van der Waals surface area contributed by atoms with E-state index in [1.807, 2.05) is 13.0 Å². The molecule has 0 aliphatic carbocycles. The van der Waals surface area contributed by atoms with Crippen molar-refractivity contribution in [2.24, 2.45) is 5.92 Å². The summed E-state index contributed by atoms with van der Waals surface area (Å²) in [6.07, 6.45) is -3.50. The Balaban J connectivity index is 1.99. The number of rotatable bonds is 1. The molecule has 2 aromatic rings. The average Bonchev–Trinajstić information content (AvgIpc) is 2.77. The molecule has 1 saturated heterocycles. The lowest BCUT2D eigenvalue weighted by Crippen LogP contribution is -2.42. The number of piperidine rings is 1. The van der Waals surface area contributed by atoms with Crippen LogP contribution < -0.4 is 4.90 Å². The lowest BCUT2D eigenvalue weighted by Gasteiger charge is -2.34. The summed E-state index contributed by atoms with van der Waals surface area (Å²) >= 11 is 7.38. The van der Waals surface area contributed by atoms with Crippen LogP contribution in [0.15, 0.2) is 6.07 Å². The zero-order valence-electron chi connectivity index (χ0n) is 11.2. The summed E-state index contributed by atoms with van der Waals surface area (Å²) in [6, 6.07) is 1.91. The molecule has 114 valence electrons. The Labute approximate surface area is 128 Å². The third-order valence-corrected chi connectivity index (χ3v) is 4.77. The van der Waals surface area contributed by atoms with Crippen LogP contribution in [-0.2, 0) is 0 Å². The highest BCUT2D eigenvalue weighted by Crippen LogP contribution is 2.37. The average molecular weight is 336 g/mol. The van der Waals surface area contributed by atoms with Crippen LogP contribution in [0.2, 0.25) is 5.28 Å². The Morgan fingerprint density at radius 3 is 2.86 bits per heavy atom. The van der Waals surface area contributed by atoms with Crippen molar-refractivity contribution >= 4 is 39.0 Å². The van der Waals surface area contributed by atoms with E-state index >= 15 is 0 Å². The lowest BCUT2D eigenvalue weighted by molar-refractivity contribution is -0.176. The van der Waals surface area contributed by atoms with E-state index in [1.54, 1.807) is 4.90 Å². The SMILES string of the molecule is Cc1cc2c(N3CCCC(C(F)(F)F)C3)nc(Cl)nc2s1. The van der Waals surface area contributed by atoms with Crippen LogP contribution in [-0.4, -0.2) is 29.2 Å². The number of thiophene rings is 1. The second-order valence-electron chi connectivity index (χ2n) is 5.22. The molecule has 0 saturated carbocycles. The molecular formula is C13H13ClF3N3S. The van der Waals surface area contributed by atoms with E-state index in [9.17, 15) is 13.2 Å². The van der Waals surface area contributed by atoms with Crippen molar-refractivity contribution in [3.63, 3.8) is 0 Å². The van der Waals surface area contributed by atoms with Crippen molar-refractivity contribution in [2.75, 3.05) is 18.0 Å². The smallest absolute Gasteiger partial charge is 0.355 e. The molecule has 1 atom stereocenters. The molecule has 0 amide bonds. The number of hydrogen-bond donors (Lipinski definition) is 0. The molecule has 3 heterocycles. The molecule has 0 aromatic carbocycles. The minimum absolute atomic E-state index is 0.0686. The topological polar surface area (TPSA) is 29.0 Å². The van der Waals surface area contributed by atoms with Crippen molar-refractivity contribution < 1.29 is 13.2 Å². The van der Waals surface area contributed by atoms with Crippen molar-refractivity contribution in [2.45, 2.75) is 25.9 Å². The minimum Gasteiger partial charge on any atom is -0.355 e. The zero-order valence-corrected chi connectivity index (χ0v) is 12.8. The molecule has 0 spiro atoms. The first kappa shape index (κ1) is 14.8.